The quantitative estimate of drug-likeness (QED) is 0.0181. The van der Waals surface area contributed by atoms with E-state index in [2.05, 4.69) is 85.3 Å². The van der Waals surface area contributed by atoms with E-state index in [1.165, 1.54) is 6.07 Å². The predicted octanol–water partition coefficient (Wildman–Crippen LogP) is 6.01. The van der Waals surface area contributed by atoms with Crippen LogP contribution in [0.1, 0.15) is 5.56 Å². The van der Waals surface area contributed by atoms with Crippen LogP contribution in [0.4, 0.5) is 75.2 Å². The lowest BCUT2D eigenvalue weighted by atomic mass is 10.1. The zero-order valence-electron chi connectivity index (χ0n) is 51.8. The van der Waals surface area contributed by atoms with Crippen LogP contribution in [0.5, 0.6) is 11.5 Å². The molecule has 0 radical (unpaired) electrons. The number of anilines is 9. The van der Waals surface area contributed by atoms with E-state index in [9.17, 15) is 109 Å². The molecule has 0 saturated heterocycles. The SMILES string of the molecule is Cc1ccccc1Nc1nc(Nc2cc(S(=O)(=O)O)cc3cc(S(=O)(=O)O)c(N=Nc4ccc(S(=O)(=O)CCOS(=O)(=O)O)cc4)c(O)c23)nc(Nc2cc(S(=O)(=O)O)cc3cc(S(=O)(=O)O)c(N=Nc4cc(Nc5nc(Cl)nc(NCCS(=O)(=O)CCOS(=O)(=O)O)n5)ccc4S(=O)(=O)O)c(O)c23)n1. The second-order valence-electron chi connectivity index (χ2n) is 21.0. The molecule has 0 spiro atoms. The number of halogens is 1. The second kappa shape index (κ2) is 30.1. The van der Waals surface area contributed by atoms with E-state index in [1.807, 2.05) is 0 Å². The molecule has 0 aliphatic heterocycles. The number of fused-ring (bicyclic) bond motifs is 2. The Morgan fingerprint density at radius 2 is 0.876 bits per heavy atom. The molecule has 0 saturated carbocycles. The van der Waals surface area contributed by atoms with Gasteiger partial charge in [0.25, 0.3) is 50.6 Å². The maximum atomic E-state index is 13.2. The maximum Gasteiger partial charge on any atom is 0.397 e. The van der Waals surface area contributed by atoms with Crippen molar-refractivity contribution in [2.45, 2.75) is 36.3 Å². The topological polar surface area (TPSA) is 695 Å². The first kappa shape index (κ1) is 79.5. The summed E-state index contributed by atoms with van der Waals surface area (Å²) in [5, 5.41) is 49.1. The molecule has 0 amide bonds. The van der Waals surface area contributed by atoms with Crippen molar-refractivity contribution in [3.8, 4) is 11.5 Å². The molecule has 0 fully saturated rings. The number of aryl methyl sites for hydroxylation is 1. The summed E-state index contributed by atoms with van der Waals surface area (Å²) in [6.07, 6.45) is 0. The van der Waals surface area contributed by atoms with Crippen LogP contribution < -0.4 is 26.6 Å². The fourth-order valence-corrected chi connectivity index (χ4v) is 15.1. The number of azo groups is 2. The monoisotopic (exact) mass is 1650 g/mol. The van der Waals surface area contributed by atoms with E-state index >= 15 is 0 Å². The molecule has 0 bridgehead atoms. The van der Waals surface area contributed by atoms with E-state index in [-0.39, 0.29) is 23.0 Å². The van der Waals surface area contributed by atoms with Gasteiger partial charge in [0.1, 0.15) is 31.7 Å². The highest BCUT2D eigenvalue weighted by atomic mass is 35.5. The van der Waals surface area contributed by atoms with E-state index < -0.39 is 248 Å². The first-order chi connectivity index (χ1) is 48.5. The van der Waals surface area contributed by atoms with E-state index in [4.69, 9.17) is 20.7 Å². The lowest BCUT2D eigenvalue weighted by Gasteiger charge is -2.17. The van der Waals surface area contributed by atoms with Crippen molar-refractivity contribution < 1.29 is 126 Å². The number of nitrogens with zero attached hydrogens (tertiary/aromatic N) is 10. The zero-order valence-corrected chi connectivity index (χ0v) is 59.9. The number of aromatic nitrogens is 6. The minimum atomic E-state index is -5.69. The third-order valence-corrected chi connectivity index (χ3v) is 22.4. The molecule has 0 aliphatic rings. The average Bonchev–Trinajstić information content (AvgIpc) is 0.751. The number of hydrogen-bond donors (Lipinski definition) is 14. The minimum absolute atomic E-state index is 0.251. The Hall–Kier alpha value is -9.64. The lowest BCUT2D eigenvalue weighted by Crippen LogP contribution is -2.22. The number of sulfone groups is 2. The van der Waals surface area contributed by atoms with Crippen LogP contribution in [-0.2, 0) is 99.4 Å². The second-order valence-corrected chi connectivity index (χ2v) is 34.9. The summed E-state index contributed by atoms with van der Waals surface area (Å²) in [4.78, 5) is 18.2. The van der Waals surface area contributed by atoms with E-state index in [1.54, 1.807) is 25.1 Å². The number of phenolic OH excluding ortho intramolecular Hbond substituents is 2. The Morgan fingerprint density at radius 3 is 1.35 bits per heavy atom. The van der Waals surface area contributed by atoms with Gasteiger partial charge < -0.3 is 36.8 Å². The van der Waals surface area contributed by atoms with Crippen LogP contribution in [0.25, 0.3) is 21.5 Å². The molecule has 7 aromatic carbocycles. The number of rotatable bonds is 30. The molecule has 14 N–H and O–H groups in total. The van der Waals surface area contributed by atoms with Crippen LogP contribution in [0.2, 0.25) is 5.28 Å². The molecule has 44 nitrogen and oxygen atoms in total. The smallest absolute Gasteiger partial charge is 0.397 e. The predicted molar refractivity (Wildman–Crippen MR) is 365 cm³/mol. The largest absolute Gasteiger partial charge is 0.505 e. The van der Waals surface area contributed by atoms with Gasteiger partial charge in [0.15, 0.2) is 31.2 Å². The number of nitrogens with one attached hydrogen (secondary N) is 5. The summed E-state index contributed by atoms with van der Waals surface area (Å²) in [7, 11) is -45.6. The van der Waals surface area contributed by atoms with Gasteiger partial charge in [0.2, 0.25) is 35.0 Å². The first-order valence-corrected chi connectivity index (χ1v) is 41.6. The fraction of sp³-hybridized carbons (Fsp3) is 0.137. The van der Waals surface area contributed by atoms with Crippen molar-refractivity contribution in [1.29, 1.82) is 0 Å². The minimum Gasteiger partial charge on any atom is -0.505 e. The summed E-state index contributed by atoms with van der Waals surface area (Å²) in [6.45, 7) is -0.745. The Bertz CT molecular complexity index is 6220. The summed E-state index contributed by atoms with van der Waals surface area (Å²) in [5.41, 5.74) is -4.48. The highest BCUT2D eigenvalue weighted by Crippen LogP contribution is 2.48. The van der Waals surface area contributed by atoms with Gasteiger partial charge in [0.05, 0.1) is 62.2 Å². The standard InChI is InChI=1S/C51H46ClN15O29S9/c1-25-4-2-3-5-33(25)55-49-61-50(56-35-23-31(99(74,75)76)18-26-20-38(102(83,84)85)42(44(68)40(26)35)66-64-28-6-9-30(10-7-28)98(72,73)17-14-96-105(92,93)94)63-51(62-49)57-36-24-32(100(77,78)79)19-27-21-39(103(86,87)88)43(45(69)41(27)36)67-65-34-22-29(8-11-37(34)101(80,81)82)54-48-59-46(52)58-47(60-48)53-12-15-97(70,71)16-13-95-104(89,90)91/h2-11,18-24,68-69H,12-17H2,1H3,(H,74,75,76)(H,77,78,79)(H,80,81,82)(H,83,84,85)(H,86,87,88)(H,89,90,91)(H,92,93,94)(H2,53,54,58,59,60)(H3,55,56,57,61,62,63). The van der Waals surface area contributed by atoms with Crippen molar-refractivity contribution >= 4 is 199 Å². The third kappa shape index (κ3) is 20.7. The molecule has 0 aliphatic carbocycles. The maximum absolute atomic E-state index is 13.2. The lowest BCUT2D eigenvalue weighted by molar-refractivity contribution is 0.282. The molecule has 0 atom stereocenters. The molecule has 560 valence electrons. The van der Waals surface area contributed by atoms with Crippen molar-refractivity contribution in [2.75, 3.05) is 63.6 Å². The van der Waals surface area contributed by atoms with E-state index in [0.717, 1.165) is 36.4 Å². The van der Waals surface area contributed by atoms with Crippen molar-refractivity contribution in [3.05, 3.63) is 114 Å². The van der Waals surface area contributed by atoms with Gasteiger partial charge in [-0.05, 0) is 120 Å². The molecule has 2 aromatic heterocycles. The molecule has 9 aromatic rings. The number of hydrogen-bond acceptors (Lipinski definition) is 37. The van der Waals surface area contributed by atoms with Crippen LogP contribution in [0.15, 0.2) is 153 Å². The van der Waals surface area contributed by atoms with Gasteiger partial charge in [-0.15, -0.1) is 15.3 Å². The Balaban J connectivity index is 1.15. The normalized spacial score (nSPS) is 13.0. The fourth-order valence-electron chi connectivity index (χ4n) is 9.11. The van der Waals surface area contributed by atoms with Gasteiger partial charge in [-0.2, -0.15) is 93.9 Å². The zero-order chi connectivity index (χ0) is 77.4. The first-order valence-electron chi connectivity index (χ1n) is 27.8. The van der Waals surface area contributed by atoms with Crippen LogP contribution in [-0.4, -0.2) is 185 Å². The highest BCUT2D eigenvalue weighted by Gasteiger charge is 2.30. The number of aromatic hydroxyl groups is 2. The number of para-hydroxylation sites is 1. The molecule has 9 rings (SSSR count). The van der Waals surface area contributed by atoms with Gasteiger partial charge in [-0.1, -0.05) is 18.2 Å². The Kier molecular flexibility index (Phi) is 22.8. The molecular formula is C51H46ClN15O29S9. The van der Waals surface area contributed by atoms with Gasteiger partial charge in [-0.3, -0.25) is 31.9 Å². The van der Waals surface area contributed by atoms with Crippen LogP contribution in [0.3, 0.4) is 0 Å². The van der Waals surface area contributed by atoms with Crippen molar-refractivity contribution in [2.24, 2.45) is 20.5 Å². The molecule has 54 heteroatoms. The Morgan fingerprint density at radius 1 is 0.429 bits per heavy atom. The highest BCUT2D eigenvalue weighted by molar-refractivity contribution is 7.92. The average molecular weight is 1660 g/mol. The van der Waals surface area contributed by atoms with Gasteiger partial charge in [0, 0.05) is 28.7 Å². The Labute approximate surface area is 597 Å². The van der Waals surface area contributed by atoms with Gasteiger partial charge >= 0.3 is 20.8 Å². The van der Waals surface area contributed by atoms with Crippen LogP contribution in [0, 0.1) is 6.92 Å². The molecule has 105 heavy (non-hydrogen) atoms. The number of benzene rings is 7. The van der Waals surface area contributed by atoms with Crippen molar-refractivity contribution in [3.63, 3.8) is 0 Å². The third-order valence-electron chi connectivity index (χ3n) is 13.6. The summed E-state index contributed by atoms with van der Waals surface area (Å²) >= 11 is 6.07. The van der Waals surface area contributed by atoms with E-state index in [0.29, 0.717) is 48.0 Å². The summed E-state index contributed by atoms with van der Waals surface area (Å²) < 4.78 is 301. The van der Waals surface area contributed by atoms with Gasteiger partial charge in [-0.25, -0.2) is 25.2 Å². The van der Waals surface area contributed by atoms with Crippen molar-refractivity contribution in [1.82, 2.24) is 29.9 Å². The van der Waals surface area contributed by atoms with Crippen LogP contribution >= 0.6 is 11.6 Å². The molecule has 0 unspecified atom stereocenters. The molecular weight excluding hydrogens is 1610 g/mol. The summed E-state index contributed by atoms with van der Waals surface area (Å²) in [5.74, 6) is -8.02. The number of phenols is 2. The summed E-state index contributed by atoms with van der Waals surface area (Å²) in [6, 6.07) is 16.1. The molecule has 2 heterocycles.